The Morgan fingerprint density at radius 3 is 1.83 bits per heavy atom. The number of hydrogen-bond acceptors (Lipinski definition) is 1. The van der Waals surface area contributed by atoms with Crippen molar-refractivity contribution in [1.29, 1.82) is 0 Å². The largest absolute Gasteiger partial charge is 0.333 e. The molecule has 0 atom stereocenters. The van der Waals surface area contributed by atoms with Gasteiger partial charge in [-0.3, -0.25) is 4.79 Å². The lowest BCUT2D eigenvalue weighted by Gasteiger charge is -2.42. The third-order valence-electron chi connectivity index (χ3n) is 5.92. The molecule has 3 rings (SSSR count). The summed E-state index contributed by atoms with van der Waals surface area (Å²) in [4.78, 5) is 15.6. The molecule has 0 N–H and O–H groups in total. The van der Waals surface area contributed by atoms with Crippen molar-refractivity contribution < 1.29 is 4.79 Å². The minimum Gasteiger partial charge on any atom is -0.333 e. The summed E-state index contributed by atoms with van der Waals surface area (Å²) < 4.78 is 0. The third kappa shape index (κ3) is 3.79. The maximum absolute atomic E-state index is 13.3. The van der Waals surface area contributed by atoms with Crippen LogP contribution in [0, 0.1) is 13.8 Å². The highest BCUT2D eigenvalue weighted by Crippen LogP contribution is 2.31. The van der Waals surface area contributed by atoms with Gasteiger partial charge in [0.15, 0.2) is 0 Å². The summed E-state index contributed by atoms with van der Waals surface area (Å²) in [6.07, 6.45) is 12.6. The van der Waals surface area contributed by atoms with Crippen LogP contribution in [-0.4, -0.2) is 22.9 Å². The van der Waals surface area contributed by atoms with Crippen LogP contribution in [0.3, 0.4) is 0 Å². The average Bonchev–Trinajstić information content (AvgIpc) is 2.59. The maximum Gasteiger partial charge on any atom is 0.254 e. The number of amides is 1. The van der Waals surface area contributed by atoms with E-state index < -0.39 is 0 Å². The Morgan fingerprint density at radius 2 is 1.35 bits per heavy atom. The number of nitrogens with zero attached hydrogens (tertiary/aromatic N) is 1. The Kier molecular flexibility index (Phi) is 5.40. The van der Waals surface area contributed by atoms with Crippen molar-refractivity contribution in [3.05, 3.63) is 34.9 Å². The fraction of sp³-hybridized carbons (Fsp3) is 0.667. The summed E-state index contributed by atoms with van der Waals surface area (Å²) >= 11 is 0. The second-order valence-electron chi connectivity index (χ2n) is 7.60. The van der Waals surface area contributed by atoms with Crippen LogP contribution in [0.25, 0.3) is 0 Å². The van der Waals surface area contributed by atoms with Gasteiger partial charge >= 0.3 is 0 Å². The van der Waals surface area contributed by atoms with Crippen LogP contribution >= 0.6 is 0 Å². The Labute approximate surface area is 141 Å². The van der Waals surface area contributed by atoms with Crippen molar-refractivity contribution in [1.82, 2.24) is 4.90 Å². The van der Waals surface area contributed by atoms with Gasteiger partial charge in [0.1, 0.15) is 0 Å². The van der Waals surface area contributed by atoms with Crippen molar-refractivity contribution in [2.75, 3.05) is 0 Å². The monoisotopic (exact) mass is 313 g/mol. The van der Waals surface area contributed by atoms with E-state index in [1.54, 1.807) is 0 Å². The Morgan fingerprint density at radius 1 is 0.826 bits per heavy atom. The fourth-order valence-electron chi connectivity index (χ4n) is 4.37. The second-order valence-corrected chi connectivity index (χ2v) is 7.60. The lowest BCUT2D eigenvalue weighted by Crippen LogP contribution is -2.48. The molecule has 1 aromatic rings. The first-order valence-corrected chi connectivity index (χ1v) is 9.57. The number of carbonyl (C=O) groups excluding carboxylic acids is 1. The molecular weight excluding hydrogens is 282 g/mol. The standard InChI is InChI=1S/C21H31NO/c1-16-13-14-18(15-17(16)2)21(23)22(19-9-5-3-6-10-19)20-11-7-4-8-12-20/h13-15,19-20H,3-12H2,1-2H3. The number of rotatable bonds is 3. The van der Waals surface area contributed by atoms with E-state index in [2.05, 4.69) is 30.9 Å². The average molecular weight is 313 g/mol. The summed E-state index contributed by atoms with van der Waals surface area (Å²) in [7, 11) is 0. The molecule has 0 aromatic heterocycles. The van der Waals surface area contributed by atoms with Gasteiger partial charge < -0.3 is 4.90 Å². The fourth-order valence-corrected chi connectivity index (χ4v) is 4.37. The number of carbonyl (C=O) groups is 1. The normalized spacial score (nSPS) is 20.4. The first-order valence-electron chi connectivity index (χ1n) is 9.57. The predicted octanol–water partition coefficient (Wildman–Crippen LogP) is 5.41. The number of hydrogen-bond donors (Lipinski definition) is 0. The summed E-state index contributed by atoms with van der Waals surface area (Å²) in [5.74, 6) is 0.284. The molecule has 2 fully saturated rings. The second kappa shape index (κ2) is 7.51. The molecule has 1 aromatic carbocycles. The first-order chi connectivity index (χ1) is 11.2. The van der Waals surface area contributed by atoms with Gasteiger partial charge in [0.2, 0.25) is 0 Å². The van der Waals surface area contributed by atoms with E-state index in [-0.39, 0.29) is 5.91 Å². The van der Waals surface area contributed by atoms with Crippen molar-refractivity contribution in [3.8, 4) is 0 Å². The van der Waals surface area contributed by atoms with Crippen LogP contribution in [0.1, 0.15) is 85.7 Å². The van der Waals surface area contributed by atoms with Crippen LogP contribution in [0.4, 0.5) is 0 Å². The number of benzene rings is 1. The predicted molar refractivity (Wildman–Crippen MR) is 95.8 cm³/mol. The molecule has 0 spiro atoms. The van der Waals surface area contributed by atoms with Gasteiger partial charge in [-0.1, -0.05) is 44.6 Å². The van der Waals surface area contributed by atoms with Crippen LogP contribution < -0.4 is 0 Å². The molecule has 2 saturated carbocycles. The van der Waals surface area contributed by atoms with Crippen molar-refractivity contribution in [3.63, 3.8) is 0 Å². The SMILES string of the molecule is Cc1ccc(C(=O)N(C2CCCCC2)C2CCCCC2)cc1C. The van der Waals surface area contributed by atoms with Crippen LogP contribution in [0.2, 0.25) is 0 Å². The molecule has 0 aliphatic heterocycles. The van der Waals surface area contributed by atoms with Gasteiger partial charge in [0.25, 0.3) is 5.91 Å². The van der Waals surface area contributed by atoms with E-state index in [9.17, 15) is 4.79 Å². The van der Waals surface area contributed by atoms with E-state index in [0.717, 1.165) is 5.56 Å². The molecule has 0 saturated heterocycles. The zero-order chi connectivity index (χ0) is 16.2. The van der Waals surface area contributed by atoms with Crippen molar-refractivity contribution in [2.24, 2.45) is 0 Å². The molecule has 2 nitrogen and oxygen atoms in total. The molecule has 2 aliphatic carbocycles. The molecular formula is C21H31NO. The highest BCUT2D eigenvalue weighted by molar-refractivity contribution is 5.95. The molecule has 0 bridgehead atoms. The van der Waals surface area contributed by atoms with Crippen LogP contribution in [-0.2, 0) is 0 Å². The van der Waals surface area contributed by atoms with Crippen LogP contribution in [0.5, 0.6) is 0 Å². The number of aryl methyl sites for hydroxylation is 2. The Balaban J connectivity index is 1.86. The zero-order valence-electron chi connectivity index (χ0n) is 14.8. The molecule has 126 valence electrons. The van der Waals surface area contributed by atoms with Gasteiger partial charge in [-0.2, -0.15) is 0 Å². The van der Waals surface area contributed by atoms with Gasteiger partial charge in [0.05, 0.1) is 0 Å². The minimum atomic E-state index is 0.284. The van der Waals surface area contributed by atoms with Crippen LogP contribution in [0.15, 0.2) is 18.2 Å². The van der Waals surface area contributed by atoms with E-state index >= 15 is 0 Å². The quantitative estimate of drug-likeness (QED) is 0.730. The van der Waals surface area contributed by atoms with Gasteiger partial charge in [0, 0.05) is 17.6 Å². The van der Waals surface area contributed by atoms with Gasteiger partial charge in [-0.05, 0) is 62.8 Å². The summed E-state index contributed by atoms with van der Waals surface area (Å²) in [5.41, 5.74) is 3.38. The van der Waals surface area contributed by atoms with E-state index in [4.69, 9.17) is 0 Å². The molecule has 1 amide bonds. The van der Waals surface area contributed by atoms with E-state index in [0.29, 0.717) is 12.1 Å². The van der Waals surface area contributed by atoms with Gasteiger partial charge in [-0.25, -0.2) is 0 Å². The lowest BCUT2D eigenvalue weighted by atomic mass is 9.88. The molecule has 2 heteroatoms. The van der Waals surface area contributed by atoms with Crippen molar-refractivity contribution in [2.45, 2.75) is 90.1 Å². The molecule has 23 heavy (non-hydrogen) atoms. The smallest absolute Gasteiger partial charge is 0.254 e. The summed E-state index contributed by atoms with van der Waals surface area (Å²) in [5, 5.41) is 0. The minimum absolute atomic E-state index is 0.284. The highest BCUT2D eigenvalue weighted by atomic mass is 16.2. The van der Waals surface area contributed by atoms with Crippen molar-refractivity contribution >= 4 is 5.91 Å². The summed E-state index contributed by atoms with van der Waals surface area (Å²) in [6, 6.07) is 7.17. The molecule has 0 unspecified atom stereocenters. The first kappa shape index (κ1) is 16.5. The summed E-state index contributed by atoms with van der Waals surface area (Å²) in [6.45, 7) is 4.22. The molecule has 2 aliphatic rings. The molecule has 0 heterocycles. The van der Waals surface area contributed by atoms with E-state index in [1.165, 1.54) is 75.3 Å². The van der Waals surface area contributed by atoms with E-state index in [1.807, 2.05) is 6.07 Å². The lowest BCUT2D eigenvalue weighted by molar-refractivity contribution is 0.0448. The Hall–Kier alpha value is -1.31. The highest BCUT2D eigenvalue weighted by Gasteiger charge is 2.32. The zero-order valence-corrected chi connectivity index (χ0v) is 14.8. The Bertz CT molecular complexity index is 521. The van der Waals surface area contributed by atoms with Gasteiger partial charge in [-0.15, -0.1) is 0 Å². The topological polar surface area (TPSA) is 20.3 Å². The maximum atomic E-state index is 13.3. The molecule has 0 radical (unpaired) electrons. The third-order valence-corrected chi connectivity index (χ3v) is 5.92.